The number of nitrogens with zero attached hydrogens (tertiary/aromatic N) is 2. The molecule has 214 valence electrons. The maximum absolute atomic E-state index is 13.6. The Morgan fingerprint density at radius 1 is 0.872 bits per heavy atom. The highest BCUT2D eigenvalue weighted by atomic mass is 19.4. The summed E-state index contributed by atoms with van der Waals surface area (Å²) in [5.74, 6) is -0.408. The smallest absolute Gasteiger partial charge is 0.369 e. The van der Waals surface area contributed by atoms with Crippen LogP contribution in [0.3, 0.4) is 0 Å². The van der Waals surface area contributed by atoms with Crippen molar-refractivity contribution in [3.05, 3.63) is 71.3 Å². The standard InChI is InChI=1S/C29H34F6N2O2/c1-26(22-8-4-3-5-9-22)19-21(25(38)37-17-15-36(2)16-18-37)7-6-10-24(26)20-11-13-23(14-12-20)27(39,28(30,31)32)29(33,34)35/h3-5,8-9,11-14,21,24,39H,6-7,10,15-19H2,1-2H3/t21?,24-,26+/m1/s1. The number of carbonyl (C=O) groups excluding carboxylic acids is 1. The zero-order valence-corrected chi connectivity index (χ0v) is 22.0. The van der Waals surface area contributed by atoms with E-state index in [0.29, 0.717) is 44.3 Å². The van der Waals surface area contributed by atoms with Gasteiger partial charge in [-0.05, 0) is 43.4 Å². The van der Waals surface area contributed by atoms with E-state index in [-0.39, 0.29) is 17.7 Å². The predicted octanol–water partition coefficient (Wildman–Crippen LogP) is 6.00. The molecule has 1 unspecified atom stereocenters. The molecule has 0 bridgehead atoms. The zero-order chi connectivity index (χ0) is 28.6. The van der Waals surface area contributed by atoms with Gasteiger partial charge in [-0.3, -0.25) is 4.79 Å². The fraction of sp³-hybridized carbons (Fsp3) is 0.552. The Kier molecular flexibility index (Phi) is 8.11. The second kappa shape index (κ2) is 10.8. The third-order valence-electron chi connectivity index (χ3n) is 8.63. The van der Waals surface area contributed by atoms with Gasteiger partial charge in [0.05, 0.1) is 0 Å². The van der Waals surface area contributed by atoms with Crippen LogP contribution in [0.2, 0.25) is 0 Å². The van der Waals surface area contributed by atoms with Gasteiger partial charge in [0.2, 0.25) is 5.91 Å². The molecule has 1 aliphatic heterocycles. The number of rotatable bonds is 4. The third kappa shape index (κ3) is 5.55. The first-order chi connectivity index (χ1) is 18.2. The second-order valence-corrected chi connectivity index (χ2v) is 11.1. The molecule has 2 aromatic carbocycles. The van der Waals surface area contributed by atoms with Gasteiger partial charge in [-0.2, -0.15) is 26.3 Å². The largest absolute Gasteiger partial charge is 0.430 e. The highest BCUT2D eigenvalue weighted by molar-refractivity contribution is 5.79. The minimum Gasteiger partial charge on any atom is -0.369 e. The highest BCUT2D eigenvalue weighted by Crippen LogP contribution is 2.52. The molecule has 1 aliphatic carbocycles. The minimum absolute atomic E-state index is 0.0988. The molecule has 1 N–H and O–H groups in total. The quantitative estimate of drug-likeness (QED) is 0.371. The minimum atomic E-state index is -5.94. The van der Waals surface area contributed by atoms with Crippen molar-refractivity contribution in [2.75, 3.05) is 33.2 Å². The molecular weight excluding hydrogens is 522 g/mol. The first-order valence-corrected chi connectivity index (χ1v) is 13.2. The number of aliphatic hydroxyl groups is 1. The lowest BCUT2D eigenvalue weighted by molar-refractivity contribution is -0.376. The monoisotopic (exact) mass is 556 g/mol. The molecule has 2 aliphatic rings. The second-order valence-electron chi connectivity index (χ2n) is 11.1. The maximum atomic E-state index is 13.6. The van der Waals surface area contributed by atoms with Gasteiger partial charge in [0.25, 0.3) is 5.60 Å². The van der Waals surface area contributed by atoms with Gasteiger partial charge >= 0.3 is 12.4 Å². The van der Waals surface area contributed by atoms with E-state index in [9.17, 15) is 36.2 Å². The van der Waals surface area contributed by atoms with Crippen LogP contribution in [0, 0.1) is 5.92 Å². The molecule has 0 spiro atoms. The number of piperazine rings is 1. The van der Waals surface area contributed by atoms with Crippen molar-refractivity contribution in [1.29, 1.82) is 0 Å². The van der Waals surface area contributed by atoms with Crippen LogP contribution in [0.5, 0.6) is 0 Å². The molecule has 1 saturated carbocycles. The summed E-state index contributed by atoms with van der Waals surface area (Å²) in [7, 11) is 2.01. The molecule has 39 heavy (non-hydrogen) atoms. The van der Waals surface area contributed by atoms with Crippen LogP contribution in [0.15, 0.2) is 54.6 Å². The Hall–Kier alpha value is -2.59. The van der Waals surface area contributed by atoms with E-state index in [1.54, 1.807) is 0 Å². The fourth-order valence-corrected chi connectivity index (χ4v) is 6.26. The average molecular weight is 557 g/mol. The summed E-state index contributed by atoms with van der Waals surface area (Å²) in [6.45, 7) is 4.93. The van der Waals surface area contributed by atoms with Crippen LogP contribution in [-0.2, 0) is 15.8 Å². The SMILES string of the molecule is CN1CCN(C(=O)C2CCC[C@H](c3ccc(C(O)(C(F)(F)F)C(F)(F)F)cc3)[C@](C)(c3ccccc3)C2)CC1. The summed E-state index contributed by atoms with van der Waals surface area (Å²) in [6, 6.07) is 13.5. The lowest BCUT2D eigenvalue weighted by Crippen LogP contribution is -2.53. The van der Waals surface area contributed by atoms with Crippen LogP contribution < -0.4 is 0 Å². The number of carbonyl (C=O) groups is 1. The molecule has 1 amide bonds. The van der Waals surface area contributed by atoms with Gasteiger partial charge in [0.15, 0.2) is 0 Å². The number of hydrogen-bond donors (Lipinski definition) is 1. The van der Waals surface area contributed by atoms with Crippen LogP contribution in [0.25, 0.3) is 0 Å². The summed E-state index contributed by atoms with van der Waals surface area (Å²) < 4.78 is 80.5. The number of alkyl halides is 6. The normalized spacial score (nSPS) is 25.8. The molecule has 2 aromatic rings. The summed E-state index contributed by atoms with van der Waals surface area (Å²) in [5.41, 5.74) is -5.31. The van der Waals surface area contributed by atoms with Crippen LogP contribution in [0.1, 0.15) is 55.2 Å². The van der Waals surface area contributed by atoms with E-state index < -0.39 is 28.9 Å². The molecule has 4 nitrogen and oxygen atoms in total. The molecule has 3 atom stereocenters. The summed E-state index contributed by atoms with van der Waals surface area (Å²) >= 11 is 0. The van der Waals surface area contributed by atoms with Crippen LogP contribution in [0.4, 0.5) is 26.3 Å². The lowest BCUT2D eigenvalue weighted by Gasteiger charge is -2.41. The van der Waals surface area contributed by atoms with E-state index in [2.05, 4.69) is 4.90 Å². The maximum Gasteiger partial charge on any atom is 0.430 e. The Bertz CT molecular complexity index is 1110. The van der Waals surface area contributed by atoms with Gasteiger partial charge in [-0.15, -0.1) is 0 Å². The Morgan fingerprint density at radius 3 is 1.97 bits per heavy atom. The molecule has 0 radical (unpaired) electrons. The summed E-state index contributed by atoms with van der Waals surface area (Å²) in [4.78, 5) is 17.7. The number of amides is 1. The average Bonchev–Trinajstić information content (AvgIpc) is 3.07. The van der Waals surface area contributed by atoms with Crippen molar-refractivity contribution in [2.24, 2.45) is 5.92 Å². The highest BCUT2D eigenvalue weighted by Gasteiger charge is 2.71. The van der Waals surface area contributed by atoms with Crippen molar-refractivity contribution >= 4 is 5.91 Å². The number of hydrogen-bond acceptors (Lipinski definition) is 3. The summed E-state index contributed by atoms with van der Waals surface area (Å²) in [5, 5.41) is 9.82. The third-order valence-corrected chi connectivity index (χ3v) is 8.63. The van der Waals surface area contributed by atoms with Gasteiger partial charge < -0.3 is 14.9 Å². The van der Waals surface area contributed by atoms with Crippen LogP contribution >= 0.6 is 0 Å². The molecule has 10 heteroatoms. The van der Waals surface area contributed by atoms with E-state index in [1.807, 2.05) is 49.2 Å². The molecule has 0 aromatic heterocycles. The molecule has 2 fully saturated rings. The van der Waals surface area contributed by atoms with Crippen molar-refractivity contribution in [2.45, 2.75) is 61.9 Å². The molecule has 4 rings (SSSR count). The van der Waals surface area contributed by atoms with Gasteiger partial charge in [-0.1, -0.05) is 67.9 Å². The molecule has 1 saturated heterocycles. The van der Waals surface area contributed by atoms with E-state index >= 15 is 0 Å². The zero-order valence-electron chi connectivity index (χ0n) is 22.0. The summed E-state index contributed by atoms with van der Waals surface area (Å²) in [6.07, 6.45) is -9.42. The lowest BCUT2D eigenvalue weighted by atomic mass is 9.65. The van der Waals surface area contributed by atoms with E-state index in [0.717, 1.165) is 30.8 Å². The van der Waals surface area contributed by atoms with E-state index in [4.69, 9.17) is 0 Å². The van der Waals surface area contributed by atoms with Crippen LogP contribution in [-0.4, -0.2) is 66.4 Å². The van der Waals surface area contributed by atoms with Crippen molar-refractivity contribution in [3.8, 4) is 0 Å². The van der Waals surface area contributed by atoms with Crippen molar-refractivity contribution < 1.29 is 36.2 Å². The first kappa shape index (κ1) is 29.4. The topological polar surface area (TPSA) is 43.8 Å². The number of halogens is 6. The van der Waals surface area contributed by atoms with Gasteiger partial charge in [0.1, 0.15) is 0 Å². The van der Waals surface area contributed by atoms with E-state index in [1.165, 1.54) is 12.1 Å². The number of likely N-dealkylation sites (N-methyl/N-ethyl adjacent to an activating group) is 1. The molecule has 1 heterocycles. The first-order valence-electron chi connectivity index (χ1n) is 13.2. The molecular formula is C29H34F6N2O2. The van der Waals surface area contributed by atoms with Gasteiger partial charge in [-0.25, -0.2) is 0 Å². The predicted molar refractivity (Wildman–Crippen MR) is 135 cm³/mol. The van der Waals surface area contributed by atoms with Gasteiger partial charge in [0, 0.05) is 43.1 Å². The Morgan fingerprint density at radius 2 is 1.44 bits per heavy atom. The van der Waals surface area contributed by atoms with Crippen molar-refractivity contribution in [3.63, 3.8) is 0 Å². The Balaban J connectivity index is 1.69. The number of benzene rings is 2. The fourth-order valence-electron chi connectivity index (χ4n) is 6.26. The Labute approximate surface area is 224 Å². The van der Waals surface area contributed by atoms with Crippen molar-refractivity contribution in [1.82, 2.24) is 9.80 Å².